The summed E-state index contributed by atoms with van der Waals surface area (Å²) in [7, 11) is 0. The lowest BCUT2D eigenvalue weighted by Gasteiger charge is -2.25. The lowest BCUT2D eigenvalue weighted by atomic mass is 10.1. The molecule has 6 nitrogen and oxygen atoms in total. The van der Waals surface area contributed by atoms with Crippen LogP contribution >= 0.6 is 0 Å². The summed E-state index contributed by atoms with van der Waals surface area (Å²) in [5.41, 5.74) is -0.481. The number of pyridine rings is 1. The number of nitrogens with zero attached hydrogens (tertiary/aromatic N) is 2. The molecule has 1 aliphatic rings. The topological polar surface area (TPSA) is 71.5 Å². The normalized spacial score (nSPS) is 17.6. The number of rotatable bonds is 3. The van der Waals surface area contributed by atoms with Gasteiger partial charge in [0, 0.05) is 30.9 Å². The Kier molecular flexibility index (Phi) is 5.53. The number of nitrogens with one attached hydrogen (secondary N) is 1. The van der Waals surface area contributed by atoms with Crippen molar-refractivity contribution in [1.29, 1.82) is 0 Å². The van der Waals surface area contributed by atoms with Crippen molar-refractivity contribution < 1.29 is 27.5 Å². The van der Waals surface area contributed by atoms with E-state index in [1.807, 2.05) is 0 Å². The quantitative estimate of drug-likeness (QED) is 0.869. The van der Waals surface area contributed by atoms with E-state index in [0.717, 1.165) is 12.1 Å². The van der Waals surface area contributed by atoms with E-state index in [1.165, 1.54) is 29.2 Å². The van der Waals surface area contributed by atoms with Gasteiger partial charge in [0.15, 0.2) is 0 Å². The molecule has 9 heteroatoms. The molecule has 0 aliphatic carbocycles. The van der Waals surface area contributed by atoms with Crippen molar-refractivity contribution in [3.63, 3.8) is 0 Å². The highest BCUT2D eigenvalue weighted by molar-refractivity contribution is 5.97. The molecule has 0 saturated carbocycles. The molecule has 1 aliphatic heterocycles. The minimum absolute atomic E-state index is 0.00453. The summed E-state index contributed by atoms with van der Waals surface area (Å²) in [6.45, 7) is 2.67. The van der Waals surface area contributed by atoms with Crippen molar-refractivity contribution in [2.75, 3.05) is 13.1 Å². The van der Waals surface area contributed by atoms with Crippen LogP contribution in [-0.2, 0) is 11.0 Å². The van der Waals surface area contributed by atoms with Crippen LogP contribution in [0, 0.1) is 0 Å². The zero-order valence-electron chi connectivity index (χ0n) is 15.0. The predicted octanol–water partition coefficient (Wildman–Crippen LogP) is 3.24. The van der Waals surface area contributed by atoms with E-state index in [9.17, 15) is 22.8 Å². The maximum Gasteiger partial charge on any atom is 0.417 e. The van der Waals surface area contributed by atoms with Gasteiger partial charge in [-0.2, -0.15) is 13.2 Å². The van der Waals surface area contributed by atoms with E-state index in [1.54, 1.807) is 6.92 Å². The Balaban J connectivity index is 1.69. The van der Waals surface area contributed by atoms with E-state index in [2.05, 4.69) is 10.3 Å². The molecule has 148 valence electrons. The van der Waals surface area contributed by atoms with Crippen LogP contribution in [0.1, 0.15) is 29.3 Å². The monoisotopic (exact) mass is 393 g/mol. The molecule has 2 aromatic rings. The van der Waals surface area contributed by atoms with Crippen LogP contribution in [0.4, 0.5) is 13.2 Å². The summed E-state index contributed by atoms with van der Waals surface area (Å²) in [4.78, 5) is 29.7. The Labute approximate surface area is 159 Å². The number of carbonyl (C=O) groups excluding carboxylic acids is 2. The second-order valence-corrected chi connectivity index (χ2v) is 6.33. The van der Waals surface area contributed by atoms with E-state index in [-0.39, 0.29) is 17.7 Å². The molecule has 0 spiro atoms. The Morgan fingerprint density at radius 1 is 1.21 bits per heavy atom. The van der Waals surface area contributed by atoms with Crippen LogP contribution in [0.3, 0.4) is 0 Å². The van der Waals surface area contributed by atoms with Crippen LogP contribution in [0.25, 0.3) is 0 Å². The van der Waals surface area contributed by atoms with Crippen LogP contribution in [-0.4, -0.2) is 40.8 Å². The highest BCUT2D eigenvalue weighted by Crippen LogP contribution is 2.30. The number of hydrogen-bond acceptors (Lipinski definition) is 4. The second-order valence-electron chi connectivity index (χ2n) is 6.33. The van der Waals surface area contributed by atoms with Crippen LogP contribution in [0.15, 0.2) is 42.6 Å². The zero-order chi connectivity index (χ0) is 20.3. The lowest BCUT2D eigenvalue weighted by molar-refractivity contribution is -0.137. The predicted molar refractivity (Wildman–Crippen MR) is 93.9 cm³/mol. The minimum atomic E-state index is -4.46. The van der Waals surface area contributed by atoms with Gasteiger partial charge in [0.25, 0.3) is 5.91 Å². The van der Waals surface area contributed by atoms with Crippen molar-refractivity contribution in [1.82, 2.24) is 15.2 Å². The fraction of sp³-hybridized carbons (Fsp3) is 0.316. The SMILES string of the molecule is C[C@H]1C(=O)NCCCN1C(=O)c1ccc(Oc2ccc(C(F)(F)F)cn2)cc1. The van der Waals surface area contributed by atoms with E-state index in [0.29, 0.717) is 37.0 Å². The Bertz CT molecular complexity index is 851. The fourth-order valence-corrected chi connectivity index (χ4v) is 2.78. The van der Waals surface area contributed by atoms with E-state index >= 15 is 0 Å². The highest BCUT2D eigenvalue weighted by Gasteiger charge is 2.31. The summed E-state index contributed by atoms with van der Waals surface area (Å²) < 4.78 is 43.1. The molecule has 0 radical (unpaired) electrons. The molecule has 2 amide bonds. The molecule has 1 fully saturated rings. The summed E-state index contributed by atoms with van der Waals surface area (Å²) in [6.07, 6.45) is -3.10. The van der Waals surface area contributed by atoms with Crippen molar-refractivity contribution >= 4 is 11.8 Å². The summed E-state index contributed by atoms with van der Waals surface area (Å²) in [5, 5.41) is 2.75. The van der Waals surface area contributed by atoms with Gasteiger partial charge in [0.1, 0.15) is 11.8 Å². The van der Waals surface area contributed by atoms with Gasteiger partial charge < -0.3 is 15.0 Å². The molecule has 1 saturated heterocycles. The van der Waals surface area contributed by atoms with Crippen molar-refractivity contribution in [3.05, 3.63) is 53.7 Å². The van der Waals surface area contributed by atoms with Crippen LogP contribution in [0.2, 0.25) is 0 Å². The van der Waals surface area contributed by atoms with Crippen molar-refractivity contribution in [2.45, 2.75) is 25.6 Å². The smallest absolute Gasteiger partial charge is 0.417 e. The number of carbonyl (C=O) groups is 2. The second kappa shape index (κ2) is 7.87. The Hall–Kier alpha value is -3.10. The van der Waals surface area contributed by atoms with E-state index < -0.39 is 17.8 Å². The molecule has 3 rings (SSSR count). The molecule has 0 unspecified atom stereocenters. The van der Waals surface area contributed by atoms with Crippen molar-refractivity contribution in [2.24, 2.45) is 0 Å². The number of amides is 2. The third-order valence-corrected chi connectivity index (χ3v) is 4.37. The average Bonchev–Trinajstić information content (AvgIpc) is 2.83. The molecule has 0 bridgehead atoms. The summed E-state index contributed by atoms with van der Waals surface area (Å²) in [5.74, 6) is -0.140. The number of ether oxygens (including phenoxy) is 1. The number of aromatic nitrogens is 1. The van der Waals surface area contributed by atoms with Gasteiger partial charge in [-0.1, -0.05) is 0 Å². The van der Waals surface area contributed by atoms with Gasteiger partial charge in [-0.3, -0.25) is 9.59 Å². The maximum absolute atomic E-state index is 12.7. The standard InChI is InChI=1S/C19H18F3N3O3/c1-12-17(26)23-9-2-10-25(12)18(27)13-3-6-15(7-4-13)28-16-8-5-14(11-24-16)19(20,21)22/h3-8,11-12H,2,9-10H2,1H3,(H,23,26)/t12-/m0/s1. The molecule has 28 heavy (non-hydrogen) atoms. The first-order chi connectivity index (χ1) is 13.3. The van der Waals surface area contributed by atoms with Gasteiger partial charge in [-0.05, 0) is 43.7 Å². The van der Waals surface area contributed by atoms with E-state index in [4.69, 9.17) is 4.74 Å². The number of halogens is 3. The zero-order valence-corrected chi connectivity index (χ0v) is 15.0. The first-order valence-electron chi connectivity index (χ1n) is 8.65. The first kappa shape index (κ1) is 19.7. The van der Waals surface area contributed by atoms with Crippen LogP contribution < -0.4 is 10.1 Å². The fourth-order valence-electron chi connectivity index (χ4n) is 2.78. The number of hydrogen-bond donors (Lipinski definition) is 1. The molecule has 2 heterocycles. The molecule has 1 aromatic carbocycles. The van der Waals surface area contributed by atoms with Gasteiger partial charge >= 0.3 is 6.18 Å². The van der Waals surface area contributed by atoms with Gasteiger partial charge in [0.05, 0.1) is 5.56 Å². The largest absolute Gasteiger partial charge is 0.439 e. The number of alkyl halides is 3. The third kappa shape index (κ3) is 4.41. The third-order valence-electron chi connectivity index (χ3n) is 4.37. The Morgan fingerprint density at radius 2 is 1.93 bits per heavy atom. The minimum Gasteiger partial charge on any atom is -0.439 e. The molecule has 1 aromatic heterocycles. The van der Waals surface area contributed by atoms with Gasteiger partial charge in [-0.15, -0.1) is 0 Å². The number of benzene rings is 1. The highest BCUT2D eigenvalue weighted by atomic mass is 19.4. The summed E-state index contributed by atoms with van der Waals surface area (Å²) in [6, 6.07) is 7.56. The molecular weight excluding hydrogens is 375 g/mol. The Morgan fingerprint density at radius 3 is 2.54 bits per heavy atom. The average molecular weight is 393 g/mol. The van der Waals surface area contributed by atoms with Gasteiger partial charge in [-0.25, -0.2) is 4.98 Å². The lowest BCUT2D eigenvalue weighted by Crippen LogP contribution is -2.45. The molecule has 1 N–H and O–H groups in total. The maximum atomic E-state index is 12.7. The first-order valence-corrected chi connectivity index (χ1v) is 8.65. The van der Waals surface area contributed by atoms with Crippen LogP contribution in [0.5, 0.6) is 11.6 Å². The molecular formula is C19H18F3N3O3. The molecule has 1 atom stereocenters. The van der Waals surface area contributed by atoms with Crippen molar-refractivity contribution in [3.8, 4) is 11.6 Å². The summed E-state index contributed by atoms with van der Waals surface area (Å²) >= 11 is 0. The van der Waals surface area contributed by atoms with Gasteiger partial charge in [0.2, 0.25) is 11.8 Å².